The lowest BCUT2D eigenvalue weighted by atomic mass is 10.1. The van der Waals surface area contributed by atoms with Crippen molar-refractivity contribution in [3.8, 4) is 0 Å². The van der Waals surface area contributed by atoms with E-state index in [4.69, 9.17) is 0 Å². The molecule has 1 heterocycles. The Bertz CT molecular complexity index is 768. The van der Waals surface area contributed by atoms with Crippen molar-refractivity contribution in [2.24, 2.45) is 0 Å². The Morgan fingerprint density at radius 1 is 1.08 bits per heavy atom. The lowest BCUT2D eigenvalue weighted by molar-refractivity contribution is 0.0723. The van der Waals surface area contributed by atoms with E-state index in [1.54, 1.807) is 6.20 Å². The first-order chi connectivity index (χ1) is 12.2. The van der Waals surface area contributed by atoms with E-state index in [9.17, 15) is 9.59 Å². The molecule has 0 bridgehead atoms. The first-order valence-corrected chi connectivity index (χ1v) is 8.67. The van der Waals surface area contributed by atoms with Gasteiger partial charge in [0, 0.05) is 36.6 Å². The van der Waals surface area contributed by atoms with Crippen molar-refractivity contribution in [1.29, 1.82) is 0 Å². The molecule has 2 saturated carbocycles. The van der Waals surface area contributed by atoms with Gasteiger partial charge in [0.25, 0.3) is 11.8 Å². The molecule has 6 heteroatoms. The van der Waals surface area contributed by atoms with Gasteiger partial charge in [-0.2, -0.15) is 0 Å². The van der Waals surface area contributed by atoms with Gasteiger partial charge in [-0.3, -0.25) is 14.6 Å². The van der Waals surface area contributed by atoms with Crippen LogP contribution in [-0.4, -0.2) is 38.8 Å². The van der Waals surface area contributed by atoms with Crippen LogP contribution in [0.25, 0.3) is 0 Å². The number of carbonyl (C=O) groups is 2. The number of rotatable bonds is 6. The number of nitrogens with zero attached hydrogens (tertiary/aromatic N) is 3. The Morgan fingerprint density at radius 3 is 2.44 bits per heavy atom. The molecule has 6 nitrogen and oxygen atoms in total. The number of nitrogens with one attached hydrogen (secondary N) is 1. The van der Waals surface area contributed by atoms with Gasteiger partial charge < -0.3 is 10.2 Å². The lowest BCUT2D eigenvalue weighted by Crippen LogP contribution is -2.33. The van der Waals surface area contributed by atoms with Crippen molar-refractivity contribution < 1.29 is 9.59 Å². The van der Waals surface area contributed by atoms with E-state index in [2.05, 4.69) is 15.3 Å². The lowest BCUT2D eigenvalue weighted by Gasteiger charge is -2.22. The first-order valence-electron chi connectivity index (χ1n) is 8.67. The number of amides is 2. The fourth-order valence-corrected chi connectivity index (χ4v) is 2.76. The number of benzene rings is 1. The van der Waals surface area contributed by atoms with Gasteiger partial charge in [0.15, 0.2) is 0 Å². The van der Waals surface area contributed by atoms with Crippen molar-refractivity contribution in [2.75, 3.05) is 0 Å². The van der Waals surface area contributed by atoms with Gasteiger partial charge in [-0.05, 0) is 43.4 Å². The minimum Gasteiger partial charge on any atom is -0.349 e. The molecule has 0 atom stereocenters. The van der Waals surface area contributed by atoms with Gasteiger partial charge in [0.1, 0.15) is 5.69 Å². The molecule has 0 radical (unpaired) electrons. The van der Waals surface area contributed by atoms with E-state index in [0.717, 1.165) is 31.2 Å². The number of carbonyl (C=O) groups excluding carboxylic acids is 2. The van der Waals surface area contributed by atoms with Crippen LogP contribution in [0.15, 0.2) is 42.9 Å². The fraction of sp³-hybridized carbons (Fsp3) is 0.368. The first kappa shape index (κ1) is 15.7. The van der Waals surface area contributed by atoms with E-state index in [1.807, 2.05) is 29.2 Å². The third-order valence-electron chi connectivity index (χ3n) is 4.51. The smallest absolute Gasteiger partial charge is 0.274 e. The zero-order chi connectivity index (χ0) is 17.2. The van der Waals surface area contributed by atoms with Crippen LogP contribution in [0, 0.1) is 0 Å². The van der Waals surface area contributed by atoms with Crippen LogP contribution in [0.5, 0.6) is 0 Å². The van der Waals surface area contributed by atoms with Gasteiger partial charge in [0.2, 0.25) is 0 Å². The highest BCUT2D eigenvalue weighted by molar-refractivity contribution is 5.94. The monoisotopic (exact) mass is 336 g/mol. The van der Waals surface area contributed by atoms with Crippen molar-refractivity contribution in [2.45, 2.75) is 44.3 Å². The molecule has 25 heavy (non-hydrogen) atoms. The molecule has 1 N–H and O–H groups in total. The normalized spacial score (nSPS) is 16.3. The molecule has 2 fully saturated rings. The van der Waals surface area contributed by atoms with Crippen molar-refractivity contribution >= 4 is 11.8 Å². The van der Waals surface area contributed by atoms with E-state index >= 15 is 0 Å². The number of hydrogen-bond acceptors (Lipinski definition) is 4. The summed E-state index contributed by atoms with van der Waals surface area (Å²) in [4.78, 5) is 34.7. The molecule has 2 aliphatic rings. The molecule has 1 aromatic carbocycles. The molecular weight excluding hydrogens is 316 g/mol. The third kappa shape index (κ3) is 3.84. The summed E-state index contributed by atoms with van der Waals surface area (Å²) < 4.78 is 0. The average molecular weight is 336 g/mol. The Hall–Kier alpha value is -2.76. The fourth-order valence-electron chi connectivity index (χ4n) is 2.76. The molecule has 0 saturated heterocycles. The van der Waals surface area contributed by atoms with Crippen LogP contribution in [0.4, 0.5) is 0 Å². The zero-order valence-corrected chi connectivity index (χ0v) is 13.9. The number of aromatic nitrogens is 2. The standard InChI is InChI=1S/C19H20N4O2/c24-18(22-15-5-6-15)14-3-1-13(2-4-14)12-23(16-7-8-16)19(25)17-11-20-9-10-21-17/h1-4,9-11,15-16H,5-8,12H2,(H,22,24). The maximum atomic E-state index is 12.7. The topological polar surface area (TPSA) is 75.2 Å². The third-order valence-corrected chi connectivity index (χ3v) is 4.51. The summed E-state index contributed by atoms with van der Waals surface area (Å²) in [6.45, 7) is 0.518. The SMILES string of the molecule is O=C(NC1CC1)c1ccc(CN(C(=O)c2cnccn2)C2CC2)cc1. The van der Waals surface area contributed by atoms with Crippen LogP contribution in [0.1, 0.15) is 52.1 Å². The maximum absolute atomic E-state index is 12.7. The van der Waals surface area contributed by atoms with Gasteiger partial charge in [-0.25, -0.2) is 4.98 Å². The van der Waals surface area contributed by atoms with Gasteiger partial charge in [-0.15, -0.1) is 0 Å². The van der Waals surface area contributed by atoms with Crippen LogP contribution >= 0.6 is 0 Å². The van der Waals surface area contributed by atoms with E-state index in [-0.39, 0.29) is 17.9 Å². The molecule has 0 aliphatic heterocycles. The molecule has 4 rings (SSSR count). The average Bonchev–Trinajstić information content (AvgIpc) is 3.54. The minimum absolute atomic E-state index is 0.0243. The Kier molecular flexibility index (Phi) is 4.17. The highest BCUT2D eigenvalue weighted by Gasteiger charge is 2.33. The number of hydrogen-bond donors (Lipinski definition) is 1. The molecular formula is C19H20N4O2. The van der Waals surface area contributed by atoms with E-state index in [1.165, 1.54) is 12.4 Å². The Morgan fingerprint density at radius 2 is 1.84 bits per heavy atom. The summed E-state index contributed by atoms with van der Waals surface area (Å²) in [6.07, 6.45) is 8.79. The quantitative estimate of drug-likeness (QED) is 0.877. The summed E-state index contributed by atoms with van der Waals surface area (Å²) in [5, 5.41) is 2.98. The Labute approximate surface area is 146 Å². The second-order valence-corrected chi connectivity index (χ2v) is 6.70. The summed E-state index contributed by atoms with van der Waals surface area (Å²) in [6, 6.07) is 8.10. The van der Waals surface area contributed by atoms with E-state index in [0.29, 0.717) is 23.8 Å². The van der Waals surface area contributed by atoms with Crippen LogP contribution in [-0.2, 0) is 6.54 Å². The van der Waals surface area contributed by atoms with Gasteiger partial charge in [-0.1, -0.05) is 12.1 Å². The highest BCUT2D eigenvalue weighted by atomic mass is 16.2. The molecule has 2 amide bonds. The van der Waals surface area contributed by atoms with E-state index < -0.39 is 0 Å². The molecule has 2 aliphatic carbocycles. The largest absolute Gasteiger partial charge is 0.349 e. The summed E-state index contributed by atoms with van der Waals surface area (Å²) in [5.74, 6) is -0.116. The van der Waals surface area contributed by atoms with Crippen molar-refractivity contribution in [3.63, 3.8) is 0 Å². The van der Waals surface area contributed by atoms with Crippen LogP contribution < -0.4 is 5.32 Å². The summed E-state index contributed by atoms with van der Waals surface area (Å²) >= 11 is 0. The molecule has 0 spiro atoms. The molecule has 1 aromatic heterocycles. The van der Waals surface area contributed by atoms with Crippen molar-refractivity contribution in [3.05, 3.63) is 59.7 Å². The predicted octanol–water partition coefficient (Wildman–Crippen LogP) is 2.17. The van der Waals surface area contributed by atoms with Crippen LogP contribution in [0.3, 0.4) is 0 Å². The molecule has 2 aromatic rings. The summed E-state index contributed by atoms with van der Waals surface area (Å²) in [7, 11) is 0. The maximum Gasteiger partial charge on any atom is 0.274 e. The summed E-state index contributed by atoms with van der Waals surface area (Å²) in [5.41, 5.74) is 2.04. The molecule has 128 valence electrons. The predicted molar refractivity (Wildman–Crippen MR) is 91.9 cm³/mol. The zero-order valence-electron chi connectivity index (χ0n) is 13.9. The second-order valence-electron chi connectivity index (χ2n) is 6.70. The van der Waals surface area contributed by atoms with Crippen molar-refractivity contribution in [1.82, 2.24) is 20.2 Å². The second kappa shape index (κ2) is 6.63. The van der Waals surface area contributed by atoms with Crippen LogP contribution in [0.2, 0.25) is 0 Å². The Balaban J connectivity index is 1.45. The van der Waals surface area contributed by atoms with Gasteiger partial charge in [0.05, 0.1) is 6.20 Å². The molecule has 0 unspecified atom stereocenters. The highest BCUT2D eigenvalue weighted by Crippen LogP contribution is 2.29. The van der Waals surface area contributed by atoms with Gasteiger partial charge >= 0.3 is 0 Å². The minimum atomic E-state index is -0.0915.